The molecule has 1 N–H and O–H groups in total. The molecule has 96 valence electrons. The van der Waals surface area contributed by atoms with E-state index in [1.807, 2.05) is 0 Å². The fraction of sp³-hybridized carbons (Fsp3) is 0.308. The molecule has 5 heteroatoms. The molecule has 0 aromatic carbocycles. The van der Waals surface area contributed by atoms with Crippen LogP contribution in [0.25, 0.3) is 6.08 Å². The van der Waals surface area contributed by atoms with E-state index in [4.69, 9.17) is 0 Å². The number of carbonyl (C=O) groups excluding carboxylic acids is 2. The van der Waals surface area contributed by atoms with Crippen molar-refractivity contribution in [1.82, 2.24) is 10.3 Å². The highest BCUT2D eigenvalue weighted by atomic mass is 16.5. The van der Waals surface area contributed by atoms with E-state index in [0.29, 0.717) is 0 Å². The number of esters is 1. The van der Waals surface area contributed by atoms with E-state index in [2.05, 4.69) is 15.0 Å². The number of nitrogens with zero attached hydrogens (tertiary/aromatic N) is 1. The summed E-state index contributed by atoms with van der Waals surface area (Å²) in [6.07, 6.45) is 6.56. The van der Waals surface area contributed by atoms with E-state index in [9.17, 15) is 9.59 Å². The van der Waals surface area contributed by atoms with Gasteiger partial charge in [0.25, 0.3) is 0 Å². The molecular weight excluding hydrogens is 232 g/mol. The van der Waals surface area contributed by atoms with Gasteiger partial charge in [-0.05, 0) is 30.7 Å². The second kappa shape index (κ2) is 7.21. The largest absolute Gasteiger partial charge is 0.469 e. The number of hydrogen-bond acceptors (Lipinski definition) is 4. The fourth-order valence-electron chi connectivity index (χ4n) is 1.32. The van der Waals surface area contributed by atoms with Crippen molar-refractivity contribution in [3.05, 3.63) is 36.2 Å². The molecule has 1 atom stereocenters. The number of nitrogens with one attached hydrogen (secondary N) is 1. The minimum atomic E-state index is -0.346. The van der Waals surface area contributed by atoms with Crippen LogP contribution in [0.1, 0.15) is 18.9 Å². The predicted octanol–water partition coefficient (Wildman–Crippen LogP) is 1.16. The summed E-state index contributed by atoms with van der Waals surface area (Å²) in [7, 11) is 1.32. The molecule has 0 unspecified atom stereocenters. The first-order valence-corrected chi connectivity index (χ1v) is 5.57. The summed E-state index contributed by atoms with van der Waals surface area (Å²) in [5.41, 5.74) is 0.890. The SMILES string of the molecule is COC(=O)C[C@H](C)NC(=O)/C=C\c1ccncc1. The van der Waals surface area contributed by atoms with Crippen LogP contribution in [0.4, 0.5) is 0 Å². The van der Waals surface area contributed by atoms with Gasteiger partial charge in [-0.1, -0.05) is 0 Å². The van der Waals surface area contributed by atoms with Crippen LogP contribution < -0.4 is 5.32 Å². The molecule has 0 aliphatic heterocycles. The average molecular weight is 248 g/mol. The van der Waals surface area contributed by atoms with Crippen molar-refractivity contribution >= 4 is 18.0 Å². The Morgan fingerprint density at radius 2 is 2.11 bits per heavy atom. The number of pyridine rings is 1. The lowest BCUT2D eigenvalue weighted by Gasteiger charge is -2.10. The second-order valence-corrected chi connectivity index (χ2v) is 3.80. The topological polar surface area (TPSA) is 68.3 Å². The normalized spacial score (nSPS) is 12.1. The van der Waals surface area contributed by atoms with Crippen LogP contribution >= 0.6 is 0 Å². The lowest BCUT2D eigenvalue weighted by atomic mass is 10.2. The van der Waals surface area contributed by atoms with Crippen molar-refractivity contribution in [3.8, 4) is 0 Å². The van der Waals surface area contributed by atoms with Crippen molar-refractivity contribution in [2.75, 3.05) is 7.11 Å². The standard InChI is InChI=1S/C13H16N2O3/c1-10(9-13(17)18-2)15-12(16)4-3-11-5-7-14-8-6-11/h3-8,10H,9H2,1-2H3,(H,15,16)/b4-3-/t10-/m0/s1. The molecule has 1 aromatic rings. The number of amides is 1. The fourth-order valence-corrected chi connectivity index (χ4v) is 1.32. The molecule has 0 aliphatic rings. The van der Waals surface area contributed by atoms with Crippen LogP contribution in [-0.2, 0) is 14.3 Å². The number of methoxy groups -OCH3 is 1. The van der Waals surface area contributed by atoms with Crippen LogP contribution in [0.2, 0.25) is 0 Å². The van der Waals surface area contributed by atoms with E-state index in [1.54, 1.807) is 37.5 Å². The van der Waals surface area contributed by atoms with E-state index in [-0.39, 0.29) is 24.3 Å². The molecule has 0 fully saturated rings. The minimum Gasteiger partial charge on any atom is -0.469 e. The van der Waals surface area contributed by atoms with Crippen molar-refractivity contribution in [2.45, 2.75) is 19.4 Å². The van der Waals surface area contributed by atoms with Gasteiger partial charge in [-0.25, -0.2) is 0 Å². The molecule has 0 aliphatic carbocycles. The molecule has 1 amide bonds. The van der Waals surface area contributed by atoms with Gasteiger partial charge in [-0.15, -0.1) is 0 Å². The lowest BCUT2D eigenvalue weighted by Crippen LogP contribution is -2.33. The predicted molar refractivity (Wildman–Crippen MR) is 67.5 cm³/mol. The van der Waals surface area contributed by atoms with E-state index in [1.165, 1.54) is 13.2 Å². The number of aromatic nitrogens is 1. The summed E-state index contributed by atoms with van der Waals surface area (Å²) in [6.45, 7) is 1.75. The summed E-state index contributed by atoms with van der Waals surface area (Å²) < 4.78 is 4.52. The van der Waals surface area contributed by atoms with Crippen LogP contribution in [-0.4, -0.2) is 30.0 Å². The Bertz CT molecular complexity index is 429. The van der Waals surface area contributed by atoms with Gasteiger partial charge in [0.15, 0.2) is 0 Å². The summed E-state index contributed by atoms with van der Waals surface area (Å²) in [5.74, 6) is -0.593. The molecule has 5 nitrogen and oxygen atoms in total. The molecular formula is C13H16N2O3. The molecule has 0 saturated heterocycles. The first-order chi connectivity index (χ1) is 8.61. The van der Waals surface area contributed by atoms with Gasteiger partial charge in [-0.3, -0.25) is 14.6 Å². The van der Waals surface area contributed by atoms with Crippen molar-refractivity contribution in [1.29, 1.82) is 0 Å². The maximum Gasteiger partial charge on any atom is 0.307 e. The van der Waals surface area contributed by atoms with Crippen LogP contribution in [0, 0.1) is 0 Å². The Labute approximate surface area is 106 Å². The zero-order valence-electron chi connectivity index (χ0n) is 10.4. The smallest absolute Gasteiger partial charge is 0.307 e. The summed E-state index contributed by atoms with van der Waals surface area (Å²) in [6, 6.07) is 3.33. The van der Waals surface area contributed by atoms with Gasteiger partial charge in [-0.2, -0.15) is 0 Å². The molecule has 0 bridgehead atoms. The maximum absolute atomic E-state index is 11.5. The number of rotatable bonds is 5. The number of ether oxygens (including phenoxy) is 1. The third-order valence-electron chi connectivity index (χ3n) is 2.22. The summed E-state index contributed by atoms with van der Waals surface area (Å²) in [4.78, 5) is 26.4. The Kier molecular flexibility index (Phi) is 5.57. The Morgan fingerprint density at radius 3 is 2.72 bits per heavy atom. The number of hydrogen-bond donors (Lipinski definition) is 1. The monoisotopic (exact) mass is 248 g/mol. The van der Waals surface area contributed by atoms with E-state index < -0.39 is 0 Å². The zero-order valence-corrected chi connectivity index (χ0v) is 10.4. The first-order valence-electron chi connectivity index (χ1n) is 5.57. The van der Waals surface area contributed by atoms with Crippen molar-refractivity contribution < 1.29 is 14.3 Å². The summed E-state index contributed by atoms with van der Waals surface area (Å²) in [5, 5.41) is 2.67. The summed E-state index contributed by atoms with van der Waals surface area (Å²) >= 11 is 0. The van der Waals surface area contributed by atoms with Gasteiger partial charge >= 0.3 is 5.97 Å². The number of carbonyl (C=O) groups is 2. The molecule has 1 heterocycles. The molecule has 0 saturated carbocycles. The van der Waals surface area contributed by atoms with Crippen molar-refractivity contribution in [2.24, 2.45) is 0 Å². The van der Waals surface area contributed by atoms with Gasteiger partial charge < -0.3 is 10.1 Å². The third kappa shape index (κ3) is 5.25. The van der Waals surface area contributed by atoms with Gasteiger partial charge in [0.05, 0.1) is 13.5 Å². The maximum atomic E-state index is 11.5. The molecule has 1 rings (SSSR count). The Balaban J connectivity index is 2.42. The second-order valence-electron chi connectivity index (χ2n) is 3.80. The third-order valence-corrected chi connectivity index (χ3v) is 2.22. The van der Waals surface area contributed by atoms with Crippen LogP contribution in [0.3, 0.4) is 0 Å². The van der Waals surface area contributed by atoms with Crippen LogP contribution in [0.15, 0.2) is 30.6 Å². The molecule has 1 aromatic heterocycles. The highest BCUT2D eigenvalue weighted by molar-refractivity contribution is 5.92. The quantitative estimate of drug-likeness (QED) is 0.627. The first kappa shape index (κ1) is 13.9. The molecule has 18 heavy (non-hydrogen) atoms. The van der Waals surface area contributed by atoms with Crippen molar-refractivity contribution in [3.63, 3.8) is 0 Å². The molecule has 0 radical (unpaired) electrons. The zero-order chi connectivity index (χ0) is 13.4. The lowest BCUT2D eigenvalue weighted by molar-refractivity contribution is -0.141. The molecule has 0 spiro atoms. The van der Waals surface area contributed by atoms with Gasteiger partial charge in [0.2, 0.25) is 5.91 Å². The van der Waals surface area contributed by atoms with E-state index >= 15 is 0 Å². The highest BCUT2D eigenvalue weighted by Gasteiger charge is 2.10. The highest BCUT2D eigenvalue weighted by Crippen LogP contribution is 1.99. The average Bonchev–Trinajstić information content (AvgIpc) is 2.37. The van der Waals surface area contributed by atoms with Gasteiger partial charge in [0, 0.05) is 24.5 Å². The minimum absolute atomic E-state index is 0.158. The Hall–Kier alpha value is -2.17. The van der Waals surface area contributed by atoms with Gasteiger partial charge in [0.1, 0.15) is 0 Å². The van der Waals surface area contributed by atoms with E-state index in [0.717, 1.165) is 5.56 Å². The van der Waals surface area contributed by atoms with Crippen LogP contribution in [0.5, 0.6) is 0 Å². The Morgan fingerprint density at radius 1 is 1.44 bits per heavy atom.